The van der Waals surface area contributed by atoms with Gasteiger partial charge >= 0.3 is 0 Å². The van der Waals surface area contributed by atoms with Gasteiger partial charge in [0, 0.05) is 18.6 Å². The maximum atomic E-state index is 11.5. The van der Waals surface area contributed by atoms with Crippen LogP contribution in [0.2, 0.25) is 0 Å². The van der Waals surface area contributed by atoms with Crippen LogP contribution in [-0.4, -0.2) is 33.8 Å². The van der Waals surface area contributed by atoms with Crippen molar-refractivity contribution in [3.63, 3.8) is 0 Å². The number of nitrogens with one attached hydrogen (secondary N) is 1. The number of sulfone groups is 1. The van der Waals surface area contributed by atoms with E-state index in [-0.39, 0.29) is 17.4 Å². The van der Waals surface area contributed by atoms with Gasteiger partial charge in [-0.15, -0.1) is 0 Å². The van der Waals surface area contributed by atoms with Crippen LogP contribution >= 0.6 is 0 Å². The first-order valence-electron chi connectivity index (χ1n) is 5.53. The van der Waals surface area contributed by atoms with Crippen LogP contribution in [0, 0.1) is 6.92 Å². The molecule has 5 nitrogen and oxygen atoms in total. The third kappa shape index (κ3) is 4.12. The topological polar surface area (TPSA) is 72.5 Å². The van der Waals surface area contributed by atoms with Gasteiger partial charge in [0.25, 0.3) is 0 Å². The Hall–Kier alpha value is -1.40. The first-order valence-corrected chi connectivity index (χ1v) is 7.42. The van der Waals surface area contributed by atoms with Crippen molar-refractivity contribution in [2.45, 2.75) is 18.7 Å². The highest BCUT2D eigenvalue weighted by atomic mass is 32.2. The van der Waals surface area contributed by atoms with Gasteiger partial charge < -0.3 is 10.1 Å². The summed E-state index contributed by atoms with van der Waals surface area (Å²) in [6, 6.07) is 4.58. The molecule has 6 heteroatoms. The molecule has 0 saturated heterocycles. The zero-order valence-electron chi connectivity index (χ0n) is 10.7. The van der Waals surface area contributed by atoms with E-state index in [1.807, 2.05) is 0 Å². The number of amides is 1. The molecule has 0 saturated carbocycles. The maximum Gasteiger partial charge on any atom is 0.250 e. The Morgan fingerprint density at radius 2 is 2.06 bits per heavy atom. The number of aryl methyl sites for hydroxylation is 1. The number of rotatable bonds is 5. The number of hydrogen-bond donors (Lipinski definition) is 1. The molecule has 1 rings (SSSR count). The molecule has 0 aliphatic carbocycles. The Morgan fingerprint density at radius 1 is 1.39 bits per heavy atom. The molecule has 0 atom stereocenters. The number of carbonyl (C=O) groups excluding carboxylic acids is 1. The minimum absolute atomic E-state index is 0.0102. The molecule has 100 valence electrons. The Morgan fingerprint density at radius 3 is 2.56 bits per heavy atom. The van der Waals surface area contributed by atoms with E-state index in [4.69, 9.17) is 4.74 Å². The van der Waals surface area contributed by atoms with Crippen LogP contribution in [0.1, 0.15) is 12.5 Å². The first-order chi connectivity index (χ1) is 8.34. The van der Waals surface area contributed by atoms with E-state index < -0.39 is 9.84 Å². The molecule has 0 bridgehead atoms. The predicted molar refractivity (Wildman–Crippen MR) is 69.4 cm³/mol. The average molecular weight is 271 g/mol. The highest BCUT2D eigenvalue weighted by Crippen LogP contribution is 2.19. The molecule has 1 aromatic carbocycles. The van der Waals surface area contributed by atoms with E-state index in [0.717, 1.165) is 6.26 Å². The molecule has 0 aliphatic rings. The van der Waals surface area contributed by atoms with Crippen molar-refractivity contribution >= 4 is 21.4 Å². The second-order valence-corrected chi connectivity index (χ2v) is 5.95. The number of anilines is 1. The monoisotopic (exact) mass is 271 g/mol. The molecular weight excluding hydrogens is 254 g/mol. The van der Waals surface area contributed by atoms with Crippen molar-refractivity contribution in [3.8, 4) is 0 Å². The Balaban J connectivity index is 2.84. The Labute approximate surface area is 107 Å². The second-order valence-electron chi connectivity index (χ2n) is 3.93. The molecule has 1 amide bonds. The van der Waals surface area contributed by atoms with E-state index in [0.29, 0.717) is 17.9 Å². The average Bonchev–Trinajstić information content (AvgIpc) is 2.27. The van der Waals surface area contributed by atoms with Gasteiger partial charge in [-0.3, -0.25) is 4.79 Å². The van der Waals surface area contributed by atoms with Crippen molar-refractivity contribution in [2.24, 2.45) is 0 Å². The van der Waals surface area contributed by atoms with Crippen LogP contribution in [-0.2, 0) is 19.4 Å². The molecule has 1 aromatic rings. The summed E-state index contributed by atoms with van der Waals surface area (Å²) < 4.78 is 27.7. The third-order valence-electron chi connectivity index (χ3n) is 2.34. The van der Waals surface area contributed by atoms with Crippen molar-refractivity contribution in [1.29, 1.82) is 0 Å². The standard InChI is InChI=1S/C12H17NO4S/c1-4-17-8-12(14)13-11-6-5-10(7-9(11)2)18(3,15)16/h5-7H,4,8H2,1-3H3,(H,13,14). The van der Waals surface area contributed by atoms with Crippen LogP contribution in [0.4, 0.5) is 5.69 Å². The lowest BCUT2D eigenvalue weighted by Gasteiger charge is -2.09. The van der Waals surface area contributed by atoms with Gasteiger partial charge in [-0.05, 0) is 37.6 Å². The fourth-order valence-electron chi connectivity index (χ4n) is 1.39. The third-order valence-corrected chi connectivity index (χ3v) is 3.45. The van der Waals surface area contributed by atoms with E-state index in [9.17, 15) is 13.2 Å². The summed E-state index contributed by atoms with van der Waals surface area (Å²) in [5, 5.41) is 2.66. The molecule has 18 heavy (non-hydrogen) atoms. The summed E-state index contributed by atoms with van der Waals surface area (Å²) in [6.45, 7) is 4.01. The SMILES string of the molecule is CCOCC(=O)Nc1ccc(S(C)(=O)=O)cc1C. The largest absolute Gasteiger partial charge is 0.372 e. The van der Waals surface area contributed by atoms with E-state index >= 15 is 0 Å². The number of hydrogen-bond acceptors (Lipinski definition) is 4. The Kier molecular flexibility index (Phi) is 4.86. The minimum Gasteiger partial charge on any atom is -0.372 e. The van der Waals surface area contributed by atoms with Crippen molar-refractivity contribution in [2.75, 3.05) is 24.8 Å². The summed E-state index contributed by atoms with van der Waals surface area (Å²) in [7, 11) is -3.22. The predicted octanol–water partition coefficient (Wildman–Crippen LogP) is 1.37. The van der Waals surface area contributed by atoms with Crippen LogP contribution in [0.5, 0.6) is 0 Å². The molecule has 0 radical (unpaired) electrons. The lowest BCUT2D eigenvalue weighted by Crippen LogP contribution is -2.18. The summed E-state index contributed by atoms with van der Waals surface area (Å²) in [5.41, 5.74) is 1.29. The van der Waals surface area contributed by atoms with Crippen LogP contribution in [0.3, 0.4) is 0 Å². The molecule has 0 unspecified atom stereocenters. The van der Waals surface area contributed by atoms with Crippen LogP contribution in [0.15, 0.2) is 23.1 Å². The zero-order valence-corrected chi connectivity index (χ0v) is 11.5. The van der Waals surface area contributed by atoms with Gasteiger partial charge in [-0.25, -0.2) is 8.42 Å². The van der Waals surface area contributed by atoms with Gasteiger partial charge in [0.2, 0.25) is 5.91 Å². The molecule has 0 spiro atoms. The van der Waals surface area contributed by atoms with E-state index in [2.05, 4.69) is 5.32 Å². The lowest BCUT2D eigenvalue weighted by atomic mass is 10.2. The van der Waals surface area contributed by atoms with Gasteiger partial charge in [-0.1, -0.05) is 0 Å². The van der Waals surface area contributed by atoms with Gasteiger partial charge in [0.05, 0.1) is 4.90 Å². The van der Waals surface area contributed by atoms with Crippen molar-refractivity contribution < 1.29 is 17.9 Å². The molecule has 0 heterocycles. The Bertz CT molecular complexity index is 537. The highest BCUT2D eigenvalue weighted by Gasteiger charge is 2.10. The minimum atomic E-state index is -3.22. The number of benzene rings is 1. The van der Waals surface area contributed by atoms with E-state index in [1.165, 1.54) is 12.1 Å². The first kappa shape index (κ1) is 14.7. The zero-order chi connectivity index (χ0) is 13.8. The maximum absolute atomic E-state index is 11.5. The fraction of sp³-hybridized carbons (Fsp3) is 0.417. The normalized spacial score (nSPS) is 11.3. The van der Waals surface area contributed by atoms with Gasteiger partial charge in [0.15, 0.2) is 9.84 Å². The quantitative estimate of drug-likeness (QED) is 0.878. The summed E-state index contributed by atoms with van der Waals surface area (Å²) in [4.78, 5) is 11.7. The second kappa shape index (κ2) is 5.97. The lowest BCUT2D eigenvalue weighted by molar-refractivity contribution is -0.120. The number of ether oxygens (including phenoxy) is 1. The summed E-state index contributed by atoms with van der Waals surface area (Å²) in [6.07, 6.45) is 1.15. The summed E-state index contributed by atoms with van der Waals surface area (Å²) >= 11 is 0. The highest BCUT2D eigenvalue weighted by molar-refractivity contribution is 7.90. The summed E-state index contributed by atoms with van der Waals surface area (Å²) in [5.74, 6) is -0.257. The van der Waals surface area contributed by atoms with Gasteiger partial charge in [-0.2, -0.15) is 0 Å². The fourth-order valence-corrected chi connectivity index (χ4v) is 2.09. The van der Waals surface area contributed by atoms with Crippen molar-refractivity contribution in [3.05, 3.63) is 23.8 Å². The number of carbonyl (C=O) groups is 1. The van der Waals surface area contributed by atoms with Crippen molar-refractivity contribution in [1.82, 2.24) is 0 Å². The van der Waals surface area contributed by atoms with Crippen LogP contribution in [0.25, 0.3) is 0 Å². The van der Waals surface area contributed by atoms with E-state index in [1.54, 1.807) is 19.9 Å². The molecule has 0 aromatic heterocycles. The molecule has 0 fully saturated rings. The molecule has 1 N–H and O–H groups in total. The van der Waals surface area contributed by atoms with Crippen LogP contribution < -0.4 is 5.32 Å². The smallest absolute Gasteiger partial charge is 0.250 e. The van der Waals surface area contributed by atoms with Gasteiger partial charge in [0.1, 0.15) is 6.61 Å². The molecular formula is C12H17NO4S. The molecule has 0 aliphatic heterocycles.